The Morgan fingerprint density at radius 2 is 1.96 bits per heavy atom. The monoisotopic (exact) mass is 503 g/mol. The van der Waals surface area contributed by atoms with Gasteiger partial charge >= 0.3 is 0 Å². The fraction of sp³-hybridized carbons (Fsp3) is 0.600. The van der Waals surface area contributed by atoms with Crippen LogP contribution in [0.3, 0.4) is 0 Å². The van der Waals surface area contributed by atoms with Crippen LogP contribution in [0.15, 0.2) is 29.3 Å². The third-order valence-electron chi connectivity index (χ3n) is 4.50. The number of nitrogens with zero attached hydrogens (tertiary/aromatic N) is 2. The molecular weight excluding hydrogens is 469 g/mol. The number of rotatable bonds is 9. The quantitative estimate of drug-likeness (QED) is 0.273. The molecular formula is C20H34IN5O2. The maximum atomic E-state index is 11.5. The molecule has 0 radical (unpaired) electrons. The van der Waals surface area contributed by atoms with Crippen molar-refractivity contribution in [3.63, 3.8) is 0 Å². The van der Waals surface area contributed by atoms with Crippen LogP contribution >= 0.6 is 24.0 Å². The van der Waals surface area contributed by atoms with E-state index in [1.165, 1.54) is 32.4 Å². The van der Waals surface area contributed by atoms with Gasteiger partial charge in [-0.15, -0.1) is 24.0 Å². The summed E-state index contributed by atoms with van der Waals surface area (Å²) in [5.74, 6) is 1.37. The van der Waals surface area contributed by atoms with Crippen LogP contribution < -0.4 is 20.7 Å². The molecule has 7 nitrogen and oxygen atoms in total. The van der Waals surface area contributed by atoms with Gasteiger partial charge in [0.2, 0.25) is 0 Å². The minimum atomic E-state index is -0.112. The van der Waals surface area contributed by atoms with E-state index in [4.69, 9.17) is 4.74 Å². The maximum absolute atomic E-state index is 11.5. The number of likely N-dealkylation sites (tertiary alicyclic amines) is 1. The van der Waals surface area contributed by atoms with Crippen LogP contribution in [0.1, 0.15) is 31.7 Å². The van der Waals surface area contributed by atoms with Gasteiger partial charge in [0.25, 0.3) is 5.91 Å². The van der Waals surface area contributed by atoms with Crippen molar-refractivity contribution in [1.82, 2.24) is 20.9 Å². The second kappa shape index (κ2) is 14.4. The van der Waals surface area contributed by atoms with Gasteiger partial charge in [0.15, 0.2) is 12.6 Å². The zero-order valence-electron chi connectivity index (χ0n) is 17.0. The summed E-state index contributed by atoms with van der Waals surface area (Å²) < 4.78 is 5.54. The van der Waals surface area contributed by atoms with E-state index in [2.05, 4.69) is 25.8 Å². The zero-order valence-corrected chi connectivity index (χ0v) is 19.3. The summed E-state index contributed by atoms with van der Waals surface area (Å²) in [4.78, 5) is 18.3. The number of ether oxygens (including phenoxy) is 1. The number of amides is 1. The van der Waals surface area contributed by atoms with Crippen LogP contribution in [0.5, 0.6) is 5.75 Å². The van der Waals surface area contributed by atoms with Gasteiger partial charge in [-0.3, -0.25) is 9.79 Å². The highest BCUT2D eigenvalue weighted by Gasteiger charge is 2.09. The zero-order chi connectivity index (χ0) is 19.3. The highest BCUT2D eigenvalue weighted by molar-refractivity contribution is 14.0. The number of likely N-dealkylation sites (N-methyl/N-ethyl adjacent to an activating group) is 1. The number of aliphatic imine (C=N–C) groups is 1. The molecule has 2 rings (SSSR count). The summed E-state index contributed by atoms with van der Waals surface area (Å²) in [6.45, 7) is 7.51. The van der Waals surface area contributed by atoms with Crippen molar-refractivity contribution in [3.8, 4) is 5.75 Å². The summed E-state index contributed by atoms with van der Waals surface area (Å²) in [5.41, 5.74) is 1.07. The summed E-state index contributed by atoms with van der Waals surface area (Å²) >= 11 is 0. The Balaban J connectivity index is 0.00000392. The van der Waals surface area contributed by atoms with E-state index in [1.54, 1.807) is 7.05 Å². The molecule has 158 valence electrons. The smallest absolute Gasteiger partial charge is 0.257 e. The maximum Gasteiger partial charge on any atom is 0.257 e. The van der Waals surface area contributed by atoms with E-state index in [0.717, 1.165) is 24.6 Å². The van der Waals surface area contributed by atoms with Crippen molar-refractivity contribution in [1.29, 1.82) is 0 Å². The molecule has 0 atom stereocenters. The van der Waals surface area contributed by atoms with Crippen LogP contribution in [0.2, 0.25) is 0 Å². The summed E-state index contributed by atoms with van der Waals surface area (Å²) in [6, 6.07) is 7.74. The Morgan fingerprint density at radius 3 is 2.68 bits per heavy atom. The molecule has 1 aromatic rings. The molecule has 0 saturated carbocycles. The van der Waals surface area contributed by atoms with E-state index in [-0.39, 0.29) is 36.5 Å². The molecule has 3 N–H and O–H groups in total. The van der Waals surface area contributed by atoms with E-state index in [9.17, 15) is 4.79 Å². The Bertz CT molecular complexity index is 606. The second-order valence-electron chi connectivity index (χ2n) is 6.64. The van der Waals surface area contributed by atoms with E-state index < -0.39 is 0 Å². The number of carbonyl (C=O) groups is 1. The SMILES string of the molecule is CCNC(=O)COc1cccc(CNC(=NC)NCCN2CCCCC2)c1.I. The first-order valence-corrected chi connectivity index (χ1v) is 9.86. The van der Waals surface area contributed by atoms with Crippen molar-refractivity contribution >= 4 is 35.8 Å². The van der Waals surface area contributed by atoms with E-state index >= 15 is 0 Å². The number of piperidine rings is 1. The predicted molar refractivity (Wildman–Crippen MR) is 125 cm³/mol. The molecule has 1 aromatic carbocycles. The van der Waals surface area contributed by atoms with Gasteiger partial charge in [0.1, 0.15) is 5.75 Å². The van der Waals surface area contributed by atoms with Crippen LogP contribution in [-0.4, -0.2) is 63.1 Å². The van der Waals surface area contributed by atoms with Gasteiger partial charge in [-0.2, -0.15) is 0 Å². The number of hydrogen-bond acceptors (Lipinski definition) is 4. The topological polar surface area (TPSA) is 78.0 Å². The normalized spacial score (nSPS) is 14.7. The molecule has 0 bridgehead atoms. The van der Waals surface area contributed by atoms with E-state index in [0.29, 0.717) is 18.8 Å². The number of guanidine groups is 1. The molecule has 0 spiro atoms. The highest BCUT2D eigenvalue weighted by atomic mass is 127. The minimum absolute atomic E-state index is 0. The second-order valence-corrected chi connectivity index (χ2v) is 6.64. The van der Waals surface area contributed by atoms with Gasteiger partial charge in [-0.1, -0.05) is 18.6 Å². The van der Waals surface area contributed by atoms with Crippen LogP contribution in [0.25, 0.3) is 0 Å². The Morgan fingerprint density at radius 1 is 1.18 bits per heavy atom. The first-order valence-electron chi connectivity index (χ1n) is 9.86. The Hall–Kier alpha value is -1.55. The van der Waals surface area contributed by atoms with Crippen molar-refractivity contribution in [3.05, 3.63) is 29.8 Å². The molecule has 1 fully saturated rings. The van der Waals surface area contributed by atoms with Gasteiger partial charge in [0.05, 0.1) is 0 Å². The first kappa shape index (κ1) is 24.5. The lowest BCUT2D eigenvalue weighted by Gasteiger charge is -2.26. The fourth-order valence-electron chi connectivity index (χ4n) is 3.06. The van der Waals surface area contributed by atoms with Crippen molar-refractivity contribution in [2.75, 3.05) is 46.4 Å². The third-order valence-corrected chi connectivity index (χ3v) is 4.50. The average molecular weight is 503 g/mol. The van der Waals surface area contributed by atoms with Gasteiger partial charge in [-0.05, 0) is 50.6 Å². The first-order chi connectivity index (χ1) is 13.2. The Labute approximate surface area is 185 Å². The van der Waals surface area contributed by atoms with Gasteiger partial charge < -0.3 is 25.6 Å². The number of halogens is 1. The number of carbonyl (C=O) groups excluding carboxylic acids is 1. The Kier molecular flexibility index (Phi) is 12.6. The largest absolute Gasteiger partial charge is 0.484 e. The van der Waals surface area contributed by atoms with Crippen LogP contribution in [0, 0.1) is 0 Å². The molecule has 28 heavy (non-hydrogen) atoms. The number of benzene rings is 1. The molecule has 0 unspecified atom stereocenters. The molecule has 1 aliphatic heterocycles. The van der Waals surface area contributed by atoms with Crippen LogP contribution in [0.4, 0.5) is 0 Å². The summed E-state index contributed by atoms with van der Waals surface area (Å²) in [7, 11) is 1.78. The molecule has 1 heterocycles. The van der Waals surface area contributed by atoms with Crippen molar-refractivity contribution in [2.24, 2.45) is 4.99 Å². The minimum Gasteiger partial charge on any atom is -0.484 e. The van der Waals surface area contributed by atoms with Crippen molar-refractivity contribution < 1.29 is 9.53 Å². The van der Waals surface area contributed by atoms with Crippen LogP contribution in [-0.2, 0) is 11.3 Å². The number of hydrogen-bond donors (Lipinski definition) is 3. The summed E-state index contributed by atoms with van der Waals surface area (Å²) in [6.07, 6.45) is 3.98. The molecule has 0 aromatic heterocycles. The molecule has 1 aliphatic rings. The molecule has 8 heteroatoms. The standard InChI is InChI=1S/C20H33N5O2.HI/c1-3-22-19(26)16-27-18-9-7-8-17(14-18)15-24-20(21-2)23-10-13-25-11-5-4-6-12-25;/h7-9,14H,3-6,10-13,15-16H2,1-2H3,(H,22,26)(H2,21,23,24);1H. The molecule has 1 amide bonds. The molecule has 0 aliphatic carbocycles. The lowest BCUT2D eigenvalue weighted by atomic mass is 10.1. The number of nitrogens with one attached hydrogen (secondary N) is 3. The van der Waals surface area contributed by atoms with Gasteiger partial charge in [0, 0.05) is 33.2 Å². The predicted octanol–water partition coefficient (Wildman–Crippen LogP) is 1.97. The lowest BCUT2D eigenvalue weighted by Crippen LogP contribution is -2.42. The average Bonchev–Trinajstić information content (AvgIpc) is 2.70. The van der Waals surface area contributed by atoms with Crippen molar-refractivity contribution in [2.45, 2.75) is 32.7 Å². The summed E-state index contributed by atoms with van der Waals surface area (Å²) in [5, 5.41) is 9.41. The fourth-order valence-corrected chi connectivity index (χ4v) is 3.06. The lowest BCUT2D eigenvalue weighted by molar-refractivity contribution is -0.122. The molecule has 1 saturated heterocycles. The highest BCUT2D eigenvalue weighted by Crippen LogP contribution is 2.13. The van der Waals surface area contributed by atoms with E-state index in [1.807, 2.05) is 31.2 Å². The third kappa shape index (κ3) is 9.59. The van der Waals surface area contributed by atoms with Gasteiger partial charge in [-0.25, -0.2) is 0 Å².